The predicted octanol–water partition coefficient (Wildman–Crippen LogP) is 6.31. The summed E-state index contributed by atoms with van der Waals surface area (Å²) in [5.41, 5.74) is 6.32. The highest BCUT2D eigenvalue weighted by atomic mass is 15.3. The molecule has 0 saturated heterocycles. The van der Waals surface area contributed by atoms with Gasteiger partial charge in [-0.1, -0.05) is 78.9 Å². The molecule has 0 saturated carbocycles. The van der Waals surface area contributed by atoms with E-state index in [0.717, 1.165) is 39.2 Å². The molecule has 0 fully saturated rings. The molecule has 178 valence electrons. The first-order chi connectivity index (χ1) is 18.3. The summed E-state index contributed by atoms with van der Waals surface area (Å²) >= 11 is 0. The van der Waals surface area contributed by atoms with E-state index in [1.165, 1.54) is 0 Å². The summed E-state index contributed by atoms with van der Waals surface area (Å²) in [7, 11) is 0. The summed E-state index contributed by atoms with van der Waals surface area (Å²) in [6.07, 6.45) is 3.69. The van der Waals surface area contributed by atoms with Gasteiger partial charge in [0.05, 0.1) is 22.9 Å². The topological polar surface area (TPSA) is 83.3 Å². The van der Waals surface area contributed by atoms with Gasteiger partial charge >= 0.3 is 0 Å². The van der Waals surface area contributed by atoms with Crippen LogP contribution in [0.3, 0.4) is 0 Å². The highest BCUT2D eigenvalue weighted by Gasteiger charge is 2.12. The Morgan fingerprint density at radius 1 is 0.784 bits per heavy atom. The lowest BCUT2D eigenvalue weighted by Crippen LogP contribution is -2.15. The molecule has 4 aromatic carbocycles. The first-order valence-electron chi connectivity index (χ1n) is 11.9. The van der Waals surface area contributed by atoms with Crippen LogP contribution in [0.4, 0.5) is 5.69 Å². The molecule has 2 aromatic heterocycles. The van der Waals surface area contributed by atoms with Crippen LogP contribution < -0.4 is 5.32 Å². The zero-order valence-corrected chi connectivity index (χ0v) is 19.9. The quantitative estimate of drug-likeness (QED) is 0.166. The van der Waals surface area contributed by atoms with Gasteiger partial charge in [-0.05, 0) is 36.4 Å². The monoisotopic (exact) mass is 481 g/mol. The van der Waals surface area contributed by atoms with Gasteiger partial charge in [0, 0.05) is 23.0 Å². The molecular formula is C30H23N7. The third-order valence-electron chi connectivity index (χ3n) is 5.82. The molecule has 0 spiro atoms. The van der Waals surface area contributed by atoms with E-state index in [2.05, 4.69) is 20.5 Å². The molecule has 7 heteroatoms. The second-order valence-corrected chi connectivity index (χ2v) is 8.37. The van der Waals surface area contributed by atoms with Crippen LogP contribution in [0.2, 0.25) is 0 Å². The van der Waals surface area contributed by atoms with Crippen LogP contribution >= 0.6 is 0 Å². The normalized spacial score (nSPS) is 11.8. The van der Waals surface area contributed by atoms with Gasteiger partial charge in [0.25, 0.3) is 0 Å². The van der Waals surface area contributed by atoms with Gasteiger partial charge in [0.1, 0.15) is 5.69 Å². The Labute approximate surface area is 213 Å². The number of fused-ring (bicyclic) bond motifs is 1. The van der Waals surface area contributed by atoms with Crippen molar-refractivity contribution in [2.75, 3.05) is 5.32 Å². The minimum Gasteiger partial charge on any atom is -0.336 e. The highest BCUT2D eigenvalue weighted by Crippen LogP contribution is 2.22. The molecule has 7 nitrogen and oxygen atoms in total. The number of benzene rings is 4. The van der Waals surface area contributed by atoms with E-state index in [1.807, 2.05) is 126 Å². The molecule has 0 bridgehead atoms. The standard InChI is InChI=1S/C30H23N7/c1-4-12-22(13-5-1)28-23(21-37(36-28)25-16-8-3-9-17-25)20-31-35-30(32-24-14-6-2-7-15-24)29-33-26-18-10-11-19-27(26)34-29/h1-21H,(H,32,35)(H,33,34)/b31-20+. The summed E-state index contributed by atoms with van der Waals surface area (Å²) in [6, 6.07) is 37.8. The Morgan fingerprint density at radius 3 is 2.22 bits per heavy atom. The molecule has 2 heterocycles. The van der Waals surface area contributed by atoms with Crippen molar-refractivity contribution in [2.24, 2.45) is 10.2 Å². The fraction of sp³-hybridized carbons (Fsp3) is 0. The van der Waals surface area contributed by atoms with Crippen LogP contribution in [-0.4, -0.2) is 31.8 Å². The van der Waals surface area contributed by atoms with Crippen LogP contribution in [0.25, 0.3) is 28.0 Å². The zero-order chi connectivity index (χ0) is 24.9. The predicted molar refractivity (Wildman–Crippen MR) is 149 cm³/mol. The number of anilines is 1. The van der Waals surface area contributed by atoms with E-state index < -0.39 is 0 Å². The van der Waals surface area contributed by atoms with Gasteiger partial charge in [-0.25, -0.2) is 9.67 Å². The smallest absolute Gasteiger partial charge is 0.196 e. The number of nitrogens with one attached hydrogen (secondary N) is 2. The fourth-order valence-corrected chi connectivity index (χ4v) is 4.02. The number of nitrogens with zero attached hydrogens (tertiary/aromatic N) is 5. The Bertz CT molecular complexity index is 1650. The molecule has 6 aromatic rings. The molecule has 0 atom stereocenters. The maximum atomic E-state index is 4.85. The first kappa shape index (κ1) is 22.2. The van der Waals surface area contributed by atoms with Gasteiger partial charge in [0.15, 0.2) is 11.7 Å². The molecule has 6 rings (SSSR count). The summed E-state index contributed by atoms with van der Waals surface area (Å²) in [5.74, 6) is 1.11. The average Bonchev–Trinajstić information content (AvgIpc) is 3.59. The molecule has 0 aliphatic carbocycles. The number of imidazole rings is 1. The third kappa shape index (κ3) is 4.92. The van der Waals surface area contributed by atoms with Gasteiger partial charge < -0.3 is 10.3 Å². The minimum absolute atomic E-state index is 0.510. The van der Waals surface area contributed by atoms with E-state index in [4.69, 9.17) is 10.1 Å². The SMILES string of the molecule is C(=N\N=C(/Nc1ccccc1)c1nc2ccccc2[nH]1)/c1cn(-c2ccccc2)nc1-c1ccccc1. The van der Waals surface area contributed by atoms with Crippen molar-refractivity contribution in [3.8, 4) is 16.9 Å². The zero-order valence-electron chi connectivity index (χ0n) is 19.9. The van der Waals surface area contributed by atoms with E-state index in [-0.39, 0.29) is 0 Å². The Balaban J connectivity index is 1.39. The second-order valence-electron chi connectivity index (χ2n) is 8.37. The van der Waals surface area contributed by atoms with Gasteiger partial charge in [-0.3, -0.25) is 0 Å². The van der Waals surface area contributed by atoms with Crippen LogP contribution in [0.1, 0.15) is 11.4 Å². The van der Waals surface area contributed by atoms with E-state index in [9.17, 15) is 0 Å². The number of para-hydroxylation sites is 4. The first-order valence-corrected chi connectivity index (χ1v) is 11.9. The molecule has 2 N–H and O–H groups in total. The minimum atomic E-state index is 0.510. The Hall–Kier alpha value is -5.30. The van der Waals surface area contributed by atoms with Crippen molar-refractivity contribution in [2.45, 2.75) is 0 Å². The maximum Gasteiger partial charge on any atom is 0.196 e. The lowest BCUT2D eigenvalue weighted by atomic mass is 10.1. The number of amidine groups is 1. The summed E-state index contributed by atoms with van der Waals surface area (Å²) < 4.78 is 1.86. The summed E-state index contributed by atoms with van der Waals surface area (Å²) in [5, 5.41) is 17.2. The van der Waals surface area contributed by atoms with Crippen molar-refractivity contribution < 1.29 is 0 Å². The van der Waals surface area contributed by atoms with Crippen LogP contribution in [0.15, 0.2) is 132 Å². The number of aromatic nitrogens is 4. The molecule has 0 radical (unpaired) electrons. The van der Waals surface area contributed by atoms with E-state index >= 15 is 0 Å². The van der Waals surface area contributed by atoms with Crippen molar-refractivity contribution in [1.82, 2.24) is 19.7 Å². The molecule has 37 heavy (non-hydrogen) atoms. The van der Waals surface area contributed by atoms with E-state index in [1.54, 1.807) is 6.21 Å². The Morgan fingerprint density at radius 2 is 1.46 bits per heavy atom. The summed E-state index contributed by atoms with van der Waals surface area (Å²) in [4.78, 5) is 8.04. The van der Waals surface area contributed by atoms with Crippen molar-refractivity contribution in [1.29, 1.82) is 0 Å². The van der Waals surface area contributed by atoms with Gasteiger partial charge in [-0.15, -0.1) is 5.10 Å². The van der Waals surface area contributed by atoms with Crippen LogP contribution in [0, 0.1) is 0 Å². The number of hydrogen-bond acceptors (Lipinski definition) is 4. The molecule has 0 aliphatic rings. The summed E-state index contributed by atoms with van der Waals surface area (Å²) in [6.45, 7) is 0. The lowest BCUT2D eigenvalue weighted by Gasteiger charge is -2.06. The number of H-pyrrole nitrogens is 1. The van der Waals surface area contributed by atoms with Gasteiger partial charge in [0.2, 0.25) is 0 Å². The number of rotatable bonds is 6. The molecule has 0 aliphatic heterocycles. The van der Waals surface area contributed by atoms with Crippen LogP contribution in [0.5, 0.6) is 0 Å². The molecule has 0 amide bonds. The molecule has 0 unspecified atom stereocenters. The average molecular weight is 482 g/mol. The van der Waals surface area contributed by atoms with Gasteiger partial charge in [-0.2, -0.15) is 10.2 Å². The van der Waals surface area contributed by atoms with Crippen molar-refractivity contribution in [3.63, 3.8) is 0 Å². The molecular weight excluding hydrogens is 458 g/mol. The fourth-order valence-electron chi connectivity index (χ4n) is 4.02. The number of aromatic amines is 1. The van der Waals surface area contributed by atoms with Crippen molar-refractivity contribution in [3.05, 3.63) is 133 Å². The maximum absolute atomic E-state index is 4.85. The Kier molecular flexibility index (Phi) is 6.07. The van der Waals surface area contributed by atoms with Crippen molar-refractivity contribution >= 4 is 28.8 Å². The highest BCUT2D eigenvalue weighted by molar-refractivity contribution is 6.07. The lowest BCUT2D eigenvalue weighted by molar-refractivity contribution is 0.884. The van der Waals surface area contributed by atoms with Crippen LogP contribution in [-0.2, 0) is 0 Å². The van der Waals surface area contributed by atoms with E-state index in [0.29, 0.717) is 11.7 Å². The number of hydrogen-bond donors (Lipinski definition) is 2. The second kappa shape index (κ2) is 10.1. The largest absolute Gasteiger partial charge is 0.336 e. The third-order valence-corrected chi connectivity index (χ3v) is 5.82.